The average molecular weight is 370 g/mol. The van der Waals surface area contributed by atoms with Crippen molar-refractivity contribution in [2.45, 2.75) is 19.0 Å². The minimum absolute atomic E-state index is 0.156. The van der Waals surface area contributed by atoms with Crippen molar-refractivity contribution >= 4 is 21.7 Å². The molecule has 0 aliphatic carbocycles. The predicted octanol–water partition coefficient (Wildman–Crippen LogP) is 0.142. The van der Waals surface area contributed by atoms with Crippen LogP contribution < -0.4 is 0 Å². The van der Waals surface area contributed by atoms with Crippen LogP contribution in [0, 0.1) is 12.7 Å². The number of aryl methyl sites for hydroxylation is 1. The molecule has 0 aromatic heterocycles. The van der Waals surface area contributed by atoms with Crippen molar-refractivity contribution in [3.8, 4) is 0 Å². The van der Waals surface area contributed by atoms with Crippen molar-refractivity contribution in [1.82, 2.24) is 9.80 Å². The smallest absolute Gasteiger partial charge is 0.317 e. The van der Waals surface area contributed by atoms with E-state index in [0.717, 1.165) is 0 Å². The quantitative estimate of drug-likeness (QED) is 0.813. The van der Waals surface area contributed by atoms with E-state index >= 15 is 0 Å². The molecule has 1 N–H and O–H groups in total. The van der Waals surface area contributed by atoms with Gasteiger partial charge in [-0.05, 0) is 30.7 Å². The maximum absolute atomic E-state index is 13.3. The Hall–Kier alpha value is -2.00. The molecule has 136 valence electrons. The Morgan fingerprint density at radius 3 is 2.56 bits per heavy atom. The highest BCUT2D eigenvalue weighted by molar-refractivity contribution is 7.91. The Bertz CT molecular complexity index is 826. The minimum atomic E-state index is -3.35. The monoisotopic (exact) mass is 370 g/mol. The first-order valence-electron chi connectivity index (χ1n) is 7.91. The third-order valence-corrected chi connectivity index (χ3v) is 6.51. The summed E-state index contributed by atoms with van der Waals surface area (Å²) in [6.45, 7) is 1.89. The standard InChI is InChI=1S/C16H19FN2O5S/c1-10-6-11(17)2-3-12(10)16(22)19-5-4-18(7-15(20)21)13-8-25(23,24)9-14(13)19/h2-3,6,13-14H,4-5,7-9H2,1H3,(H,20,21)/t13-,14+/m1/s1. The maximum atomic E-state index is 13.3. The molecule has 2 heterocycles. The van der Waals surface area contributed by atoms with Gasteiger partial charge in [0.2, 0.25) is 0 Å². The molecule has 2 saturated heterocycles. The summed E-state index contributed by atoms with van der Waals surface area (Å²) in [5.41, 5.74) is 0.812. The van der Waals surface area contributed by atoms with E-state index in [9.17, 15) is 22.4 Å². The van der Waals surface area contributed by atoms with Crippen LogP contribution in [0.3, 0.4) is 0 Å². The van der Waals surface area contributed by atoms with E-state index in [1.54, 1.807) is 11.8 Å². The molecule has 7 nitrogen and oxygen atoms in total. The van der Waals surface area contributed by atoms with E-state index < -0.39 is 33.7 Å². The number of sulfone groups is 1. The third-order valence-electron chi connectivity index (χ3n) is 4.81. The first-order chi connectivity index (χ1) is 11.7. The zero-order valence-electron chi connectivity index (χ0n) is 13.7. The van der Waals surface area contributed by atoms with Crippen molar-refractivity contribution in [2.75, 3.05) is 31.1 Å². The van der Waals surface area contributed by atoms with Crippen LogP contribution in [0.5, 0.6) is 0 Å². The molecule has 1 aromatic rings. The fourth-order valence-electron chi connectivity index (χ4n) is 3.67. The Labute approximate surface area is 144 Å². The molecule has 2 fully saturated rings. The molecule has 3 rings (SSSR count). The van der Waals surface area contributed by atoms with Crippen LogP contribution in [-0.2, 0) is 14.6 Å². The second kappa shape index (κ2) is 6.38. The van der Waals surface area contributed by atoms with E-state index in [2.05, 4.69) is 0 Å². The first-order valence-corrected chi connectivity index (χ1v) is 9.73. The number of fused-ring (bicyclic) bond motifs is 1. The molecular weight excluding hydrogens is 351 g/mol. The number of aliphatic carboxylic acids is 1. The summed E-state index contributed by atoms with van der Waals surface area (Å²) < 4.78 is 37.4. The van der Waals surface area contributed by atoms with Gasteiger partial charge >= 0.3 is 5.97 Å². The van der Waals surface area contributed by atoms with Gasteiger partial charge in [0.1, 0.15) is 5.82 Å². The maximum Gasteiger partial charge on any atom is 0.317 e. The predicted molar refractivity (Wildman–Crippen MR) is 87.6 cm³/mol. The number of carbonyl (C=O) groups excluding carboxylic acids is 1. The lowest BCUT2D eigenvalue weighted by Crippen LogP contribution is -2.61. The average Bonchev–Trinajstić information content (AvgIpc) is 2.82. The first kappa shape index (κ1) is 17.8. The van der Waals surface area contributed by atoms with Crippen LogP contribution in [0.1, 0.15) is 15.9 Å². The van der Waals surface area contributed by atoms with Gasteiger partial charge in [0.15, 0.2) is 9.84 Å². The summed E-state index contributed by atoms with van der Waals surface area (Å²) in [4.78, 5) is 27.0. The van der Waals surface area contributed by atoms with Gasteiger partial charge in [0.05, 0.1) is 24.1 Å². The van der Waals surface area contributed by atoms with E-state index in [-0.39, 0.29) is 37.0 Å². The number of rotatable bonds is 3. The topological polar surface area (TPSA) is 95.0 Å². The molecule has 9 heteroatoms. The molecule has 0 saturated carbocycles. The van der Waals surface area contributed by atoms with Crippen LogP contribution >= 0.6 is 0 Å². The Morgan fingerprint density at radius 2 is 1.92 bits per heavy atom. The molecular formula is C16H19FN2O5S. The number of piperazine rings is 1. The lowest BCUT2D eigenvalue weighted by Gasteiger charge is -2.43. The summed E-state index contributed by atoms with van der Waals surface area (Å²) in [5, 5.41) is 9.02. The van der Waals surface area contributed by atoms with E-state index in [1.165, 1.54) is 23.1 Å². The SMILES string of the molecule is Cc1cc(F)ccc1C(=O)N1CCN(CC(=O)O)[C@@H]2CS(=O)(=O)C[C@@H]21. The van der Waals surface area contributed by atoms with Gasteiger partial charge < -0.3 is 10.0 Å². The zero-order valence-corrected chi connectivity index (χ0v) is 14.5. The van der Waals surface area contributed by atoms with Crippen LogP contribution in [0.15, 0.2) is 18.2 Å². The van der Waals surface area contributed by atoms with Gasteiger partial charge in [-0.3, -0.25) is 14.5 Å². The molecule has 0 radical (unpaired) electrons. The van der Waals surface area contributed by atoms with E-state index in [0.29, 0.717) is 11.1 Å². The van der Waals surface area contributed by atoms with Crippen molar-refractivity contribution in [1.29, 1.82) is 0 Å². The van der Waals surface area contributed by atoms with E-state index in [4.69, 9.17) is 5.11 Å². The second-order valence-electron chi connectivity index (χ2n) is 6.53. The Morgan fingerprint density at radius 1 is 1.24 bits per heavy atom. The largest absolute Gasteiger partial charge is 0.480 e. The zero-order chi connectivity index (χ0) is 18.4. The summed E-state index contributed by atoms with van der Waals surface area (Å²) >= 11 is 0. The summed E-state index contributed by atoms with van der Waals surface area (Å²) in [5.74, 6) is -2.16. The molecule has 2 aliphatic heterocycles. The van der Waals surface area contributed by atoms with Gasteiger partial charge in [-0.2, -0.15) is 0 Å². The number of amides is 1. The van der Waals surface area contributed by atoms with Gasteiger partial charge in [-0.1, -0.05) is 0 Å². The number of carboxylic acids is 1. The highest BCUT2D eigenvalue weighted by Gasteiger charge is 2.48. The second-order valence-corrected chi connectivity index (χ2v) is 8.69. The van der Waals surface area contributed by atoms with Gasteiger partial charge in [-0.25, -0.2) is 12.8 Å². The van der Waals surface area contributed by atoms with Gasteiger partial charge in [0, 0.05) is 24.7 Å². The molecule has 0 unspecified atom stereocenters. The van der Waals surface area contributed by atoms with Crippen molar-refractivity contribution in [3.05, 3.63) is 35.1 Å². The molecule has 2 atom stereocenters. The molecule has 25 heavy (non-hydrogen) atoms. The number of halogens is 1. The molecule has 2 aliphatic rings. The number of benzene rings is 1. The van der Waals surface area contributed by atoms with Crippen LogP contribution in [0.25, 0.3) is 0 Å². The van der Waals surface area contributed by atoms with Gasteiger partial charge in [-0.15, -0.1) is 0 Å². The van der Waals surface area contributed by atoms with Crippen LogP contribution in [0.2, 0.25) is 0 Å². The summed E-state index contributed by atoms with van der Waals surface area (Å²) in [6, 6.07) is 2.74. The Balaban J connectivity index is 1.90. The highest BCUT2D eigenvalue weighted by Crippen LogP contribution is 2.28. The summed E-state index contributed by atoms with van der Waals surface area (Å²) in [7, 11) is -3.35. The number of hydrogen-bond donors (Lipinski definition) is 1. The van der Waals surface area contributed by atoms with Crippen LogP contribution in [-0.4, -0.2) is 78.4 Å². The van der Waals surface area contributed by atoms with E-state index in [1.807, 2.05) is 0 Å². The summed E-state index contributed by atoms with van der Waals surface area (Å²) in [6.07, 6.45) is 0. The lowest BCUT2D eigenvalue weighted by molar-refractivity contribution is -0.139. The van der Waals surface area contributed by atoms with Crippen molar-refractivity contribution in [3.63, 3.8) is 0 Å². The number of carbonyl (C=O) groups is 2. The minimum Gasteiger partial charge on any atom is -0.480 e. The third kappa shape index (κ3) is 3.52. The highest BCUT2D eigenvalue weighted by atomic mass is 32.2. The normalized spacial score (nSPS) is 25.6. The molecule has 1 aromatic carbocycles. The number of nitrogens with zero attached hydrogens (tertiary/aromatic N) is 2. The fraction of sp³-hybridized carbons (Fsp3) is 0.500. The lowest BCUT2D eigenvalue weighted by atomic mass is 10.0. The molecule has 0 spiro atoms. The number of hydrogen-bond acceptors (Lipinski definition) is 5. The van der Waals surface area contributed by atoms with Crippen molar-refractivity contribution in [2.24, 2.45) is 0 Å². The van der Waals surface area contributed by atoms with Gasteiger partial charge in [0.25, 0.3) is 5.91 Å². The van der Waals surface area contributed by atoms with Crippen LogP contribution in [0.4, 0.5) is 4.39 Å². The Kier molecular flexibility index (Phi) is 4.54. The van der Waals surface area contributed by atoms with Crippen molar-refractivity contribution < 1.29 is 27.5 Å². The molecule has 1 amide bonds. The fourth-order valence-corrected chi connectivity index (χ4v) is 5.68. The molecule has 0 bridgehead atoms. The number of carboxylic acid groups (broad SMARTS) is 1.